The van der Waals surface area contributed by atoms with Gasteiger partial charge in [0, 0.05) is 25.2 Å². The molecule has 1 unspecified atom stereocenters. The SMILES string of the molecule is CCS(=O)(=O)N1CCC(NC(C)CCc2ccc(O)cc2)CC1. The number of aromatic hydroxyl groups is 1. The van der Waals surface area contributed by atoms with Crippen molar-refractivity contribution in [3.8, 4) is 5.75 Å². The third kappa shape index (κ3) is 5.48. The van der Waals surface area contributed by atoms with Gasteiger partial charge >= 0.3 is 0 Å². The highest BCUT2D eigenvalue weighted by Gasteiger charge is 2.26. The summed E-state index contributed by atoms with van der Waals surface area (Å²) < 4.78 is 25.3. The van der Waals surface area contributed by atoms with Crippen molar-refractivity contribution >= 4 is 10.0 Å². The lowest BCUT2D eigenvalue weighted by Crippen LogP contribution is -2.47. The van der Waals surface area contributed by atoms with Crippen molar-refractivity contribution in [2.45, 2.75) is 51.6 Å². The van der Waals surface area contributed by atoms with Crippen LogP contribution in [0, 0.1) is 0 Å². The van der Waals surface area contributed by atoms with Crippen molar-refractivity contribution in [3.63, 3.8) is 0 Å². The van der Waals surface area contributed by atoms with Gasteiger partial charge in [0.05, 0.1) is 5.75 Å². The summed E-state index contributed by atoms with van der Waals surface area (Å²) in [6, 6.07) is 8.14. The van der Waals surface area contributed by atoms with Crippen LogP contribution in [0.3, 0.4) is 0 Å². The molecule has 5 nitrogen and oxygen atoms in total. The predicted octanol–water partition coefficient (Wildman–Crippen LogP) is 2.12. The van der Waals surface area contributed by atoms with Crippen LogP contribution < -0.4 is 5.32 Å². The predicted molar refractivity (Wildman–Crippen MR) is 93.1 cm³/mol. The molecule has 0 radical (unpaired) electrons. The lowest BCUT2D eigenvalue weighted by molar-refractivity contribution is 0.273. The van der Waals surface area contributed by atoms with E-state index < -0.39 is 10.0 Å². The van der Waals surface area contributed by atoms with E-state index in [-0.39, 0.29) is 5.75 Å². The zero-order valence-corrected chi connectivity index (χ0v) is 14.8. The van der Waals surface area contributed by atoms with Crippen LogP contribution in [0.15, 0.2) is 24.3 Å². The molecule has 0 bridgehead atoms. The minimum Gasteiger partial charge on any atom is -0.508 e. The van der Waals surface area contributed by atoms with Crippen LogP contribution in [-0.2, 0) is 16.4 Å². The van der Waals surface area contributed by atoms with Crippen molar-refractivity contribution in [1.82, 2.24) is 9.62 Å². The average Bonchev–Trinajstić information content (AvgIpc) is 2.55. The summed E-state index contributed by atoms with van der Waals surface area (Å²) in [7, 11) is -3.04. The Kier molecular flexibility index (Phi) is 6.44. The quantitative estimate of drug-likeness (QED) is 0.798. The number of hydrogen-bond acceptors (Lipinski definition) is 4. The fraction of sp³-hybridized carbons (Fsp3) is 0.647. The molecule has 1 aromatic rings. The maximum atomic E-state index is 11.9. The van der Waals surface area contributed by atoms with Crippen LogP contribution in [0.5, 0.6) is 5.75 Å². The molecule has 1 heterocycles. The van der Waals surface area contributed by atoms with Crippen LogP contribution in [0.4, 0.5) is 0 Å². The third-order valence-electron chi connectivity index (χ3n) is 4.53. The maximum Gasteiger partial charge on any atom is 0.213 e. The first-order valence-electron chi connectivity index (χ1n) is 8.42. The number of aryl methyl sites for hydroxylation is 1. The third-order valence-corrected chi connectivity index (χ3v) is 6.42. The summed E-state index contributed by atoms with van der Waals surface area (Å²) in [4.78, 5) is 0. The van der Waals surface area contributed by atoms with Crippen LogP contribution in [0.1, 0.15) is 38.7 Å². The lowest BCUT2D eigenvalue weighted by Gasteiger charge is -2.33. The first-order chi connectivity index (χ1) is 10.9. The summed E-state index contributed by atoms with van der Waals surface area (Å²) in [6.45, 7) is 5.12. The number of piperidine rings is 1. The second-order valence-electron chi connectivity index (χ2n) is 6.35. The van der Waals surface area contributed by atoms with Crippen molar-refractivity contribution < 1.29 is 13.5 Å². The summed E-state index contributed by atoms with van der Waals surface area (Å²) in [5, 5.41) is 12.9. The molecule has 0 aliphatic carbocycles. The van der Waals surface area contributed by atoms with Crippen LogP contribution in [-0.4, -0.2) is 48.8 Å². The van der Waals surface area contributed by atoms with Gasteiger partial charge in [0.15, 0.2) is 0 Å². The Morgan fingerprint density at radius 2 is 1.87 bits per heavy atom. The molecule has 1 aliphatic heterocycles. The number of benzene rings is 1. The summed E-state index contributed by atoms with van der Waals surface area (Å²) in [5.74, 6) is 0.488. The van der Waals surface area contributed by atoms with E-state index in [0.717, 1.165) is 25.7 Å². The average molecular weight is 340 g/mol. The highest BCUT2D eigenvalue weighted by Crippen LogP contribution is 2.16. The van der Waals surface area contributed by atoms with Gasteiger partial charge in [-0.3, -0.25) is 0 Å². The normalized spacial score (nSPS) is 18.9. The van der Waals surface area contributed by atoms with Crippen molar-refractivity contribution in [1.29, 1.82) is 0 Å². The Balaban J connectivity index is 1.72. The molecule has 23 heavy (non-hydrogen) atoms. The molecule has 2 N–H and O–H groups in total. The van der Waals surface area contributed by atoms with E-state index in [1.54, 1.807) is 23.4 Å². The first kappa shape index (κ1) is 18.2. The van der Waals surface area contributed by atoms with E-state index in [9.17, 15) is 13.5 Å². The van der Waals surface area contributed by atoms with Gasteiger partial charge in [-0.25, -0.2) is 12.7 Å². The van der Waals surface area contributed by atoms with Crippen LogP contribution >= 0.6 is 0 Å². The van der Waals surface area contributed by atoms with Crippen molar-refractivity contribution in [3.05, 3.63) is 29.8 Å². The topological polar surface area (TPSA) is 69.6 Å². The number of nitrogens with one attached hydrogen (secondary N) is 1. The Morgan fingerprint density at radius 3 is 2.43 bits per heavy atom. The molecule has 1 saturated heterocycles. The second-order valence-corrected chi connectivity index (χ2v) is 8.60. The summed E-state index contributed by atoms with van der Waals surface area (Å²) >= 11 is 0. The van der Waals surface area contributed by atoms with E-state index in [1.165, 1.54) is 5.56 Å². The van der Waals surface area contributed by atoms with Gasteiger partial charge in [0.25, 0.3) is 0 Å². The molecule has 0 saturated carbocycles. The van der Waals surface area contributed by atoms with E-state index in [0.29, 0.717) is 30.9 Å². The maximum absolute atomic E-state index is 11.9. The van der Waals surface area contributed by atoms with E-state index in [1.807, 2.05) is 12.1 Å². The van der Waals surface area contributed by atoms with Gasteiger partial charge in [-0.15, -0.1) is 0 Å². The zero-order valence-electron chi connectivity index (χ0n) is 14.0. The molecule has 1 aliphatic rings. The Bertz CT molecular complexity index is 578. The van der Waals surface area contributed by atoms with Gasteiger partial charge in [0.2, 0.25) is 10.0 Å². The molecule has 1 fully saturated rings. The van der Waals surface area contributed by atoms with Gasteiger partial charge in [0.1, 0.15) is 5.75 Å². The molecule has 2 rings (SSSR count). The number of rotatable bonds is 7. The fourth-order valence-corrected chi connectivity index (χ4v) is 4.15. The number of phenolic OH excluding ortho intramolecular Hbond substituents is 1. The second kappa shape index (κ2) is 8.13. The fourth-order valence-electron chi connectivity index (χ4n) is 3.01. The zero-order chi connectivity index (χ0) is 16.9. The Labute approximate surface area is 139 Å². The van der Waals surface area contributed by atoms with Crippen molar-refractivity contribution in [2.24, 2.45) is 0 Å². The molecule has 1 aromatic carbocycles. The number of hydrogen-bond donors (Lipinski definition) is 2. The summed E-state index contributed by atoms with van der Waals surface area (Å²) in [5.41, 5.74) is 1.22. The minimum atomic E-state index is -3.04. The Hall–Kier alpha value is -1.11. The Morgan fingerprint density at radius 1 is 1.26 bits per heavy atom. The van der Waals surface area contributed by atoms with E-state index in [4.69, 9.17) is 0 Å². The largest absolute Gasteiger partial charge is 0.508 e. The van der Waals surface area contributed by atoms with Gasteiger partial charge in [-0.2, -0.15) is 0 Å². The van der Waals surface area contributed by atoms with Gasteiger partial charge in [-0.05, 0) is 57.2 Å². The molecule has 130 valence electrons. The lowest BCUT2D eigenvalue weighted by atomic mass is 10.0. The van der Waals surface area contributed by atoms with Crippen LogP contribution in [0.25, 0.3) is 0 Å². The molecule has 0 spiro atoms. The van der Waals surface area contributed by atoms with Crippen molar-refractivity contribution in [2.75, 3.05) is 18.8 Å². The monoisotopic (exact) mass is 340 g/mol. The van der Waals surface area contributed by atoms with Gasteiger partial charge < -0.3 is 10.4 Å². The van der Waals surface area contributed by atoms with Crippen LogP contribution in [0.2, 0.25) is 0 Å². The molecular weight excluding hydrogens is 312 g/mol. The highest BCUT2D eigenvalue weighted by atomic mass is 32.2. The molecule has 0 amide bonds. The number of phenols is 1. The smallest absolute Gasteiger partial charge is 0.213 e. The van der Waals surface area contributed by atoms with E-state index >= 15 is 0 Å². The minimum absolute atomic E-state index is 0.189. The highest BCUT2D eigenvalue weighted by molar-refractivity contribution is 7.89. The standard InChI is InChI=1S/C17H28N2O3S/c1-3-23(21,22)19-12-10-16(11-13-19)18-14(2)4-5-15-6-8-17(20)9-7-15/h6-9,14,16,18,20H,3-5,10-13H2,1-2H3. The van der Waals surface area contributed by atoms with E-state index in [2.05, 4.69) is 12.2 Å². The molecule has 0 aromatic heterocycles. The van der Waals surface area contributed by atoms with Gasteiger partial charge in [-0.1, -0.05) is 12.1 Å². The number of nitrogens with zero attached hydrogens (tertiary/aromatic N) is 1. The molecule has 1 atom stereocenters. The molecule has 6 heteroatoms. The first-order valence-corrected chi connectivity index (χ1v) is 10.0. The summed E-state index contributed by atoms with van der Waals surface area (Å²) in [6.07, 6.45) is 3.75. The number of sulfonamides is 1. The molecular formula is C17H28N2O3S.